The van der Waals surface area contributed by atoms with Gasteiger partial charge in [0.05, 0.1) is 5.56 Å². The molecular weight excluding hydrogens is 231 g/mol. The number of halogens is 1. The summed E-state index contributed by atoms with van der Waals surface area (Å²) in [4.78, 5) is 11.1. The Labute approximate surface area is 105 Å². The van der Waals surface area contributed by atoms with E-state index >= 15 is 0 Å². The zero-order valence-corrected chi connectivity index (χ0v) is 9.98. The van der Waals surface area contributed by atoms with Gasteiger partial charge in [-0.2, -0.15) is 0 Å². The second kappa shape index (κ2) is 5.00. The first-order valence-electron chi connectivity index (χ1n) is 5.74. The van der Waals surface area contributed by atoms with Gasteiger partial charge >= 0.3 is 5.97 Å². The molecule has 0 atom stereocenters. The minimum absolute atomic E-state index is 0.115. The minimum Gasteiger partial charge on any atom is -0.478 e. The highest BCUT2D eigenvalue weighted by atomic mass is 19.1. The standard InChI is InChI=1S/C15H13FO2/c1-2-10-4-3-5-11(8-10)14-9-12(16)6-7-13(14)15(17)18/h3-9H,2H2,1H3,(H,17,18). The summed E-state index contributed by atoms with van der Waals surface area (Å²) in [7, 11) is 0. The van der Waals surface area contributed by atoms with Gasteiger partial charge in [-0.05, 0) is 41.3 Å². The summed E-state index contributed by atoms with van der Waals surface area (Å²) in [5.74, 6) is -1.48. The van der Waals surface area contributed by atoms with Crippen molar-refractivity contribution in [1.29, 1.82) is 0 Å². The number of carbonyl (C=O) groups is 1. The fourth-order valence-electron chi connectivity index (χ4n) is 1.90. The number of hydrogen-bond donors (Lipinski definition) is 1. The molecule has 0 saturated carbocycles. The lowest BCUT2D eigenvalue weighted by atomic mass is 9.97. The molecule has 0 fully saturated rings. The van der Waals surface area contributed by atoms with E-state index in [1.165, 1.54) is 12.1 Å². The maximum Gasteiger partial charge on any atom is 0.336 e. The van der Waals surface area contributed by atoms with Gasteiger partial charge in [0.15, 0.2) is 0 Å². The summed E-state index contributed by atoms with van der Waals surface area (Å²) in [6.45, 7) is 2.02. The predicted octanol–water partition coefficient (Wildman–Crippen LogP) is 3.75. The summed E-state index contributed by atoms with van der Waals surface area (Å²) in [6.07, 6.45) is 0.853. The van der Waals surface area contributed by atoms with E-state index in [-0.39, 0.29) is 5.56 Å². The quantitative estimate of drug-likeness (QED) is 0.892. The Bertz CT molecular complexity index is 591. The van der Waals surface area contributed by atoms with Crippen LogP contribution < -0.4 is 0 Å². The lowest BCUT2D eigenvalue weighted by Gasteiger charge is -2.08. The number of carboxylic acids is 1. The van der Waals surface area contributed by atoms with E-state index in [1.807, 2.05) is 25.1 Å². The minimum atomic E-state index is -1.05. The van der Waals surface area contributed by atoms with Gasteiger partial charge in [0.1, 0.15) is 5.82 Å². The molecule has 0 amide bonds. The maximum atomic E-state index is 13.3. The molecule has 0 aliphatic rings. The second-order valence-corrected chi connectivity index (χ2v) is 4.05. The average molecular weight is 244 g/mol. The summed E-state index contributed by atoms with van der Waals surface area (Å²) in [5.41, 5.74) is 2.35. The van der Waals surface area contributed by atoms with Crippen LogP contribution in [0, 0.1) is 5.82 Å². The van der Waals surface area contributed by atoms with Crippen LogP contribution in [-0.4, -0.2) is 11.1 Å². The van der Waals surface area contributed by atoms with Crippen molar-refractivity contribution in [3.63, 3.8) is 0 Å². The molecule has 2 aromatic rings. The van der Waals surface area contributed by atoms with Crippen LogP contribution in [-0.2, 0) is 6.42 Å². The van der Waals surface area contributed by atoms with Crippen LogP contribution in [0.5, 0.6) is 0 Å². The van der Waals surface area contributed by atoms with Gasteiger partial charge in [0.2, 0.25) is 0 Å². The molecule has 18 heavy (non-hydrogen) atoms. The molecule has 0 bridgehead atoms. The molecule has 0 unspecified atom stereocenters. The molecular formula is C15H13FO2. The number of hydrogen-bond acceptors (Lipinski definition) is 1. The molecule has 2 nitrogen and oxygen atoms in total. The van der Waals surface area contributed by atoms with Crippen LogP contribution in [0.15, 0.2) is 42.5 Å². The monoisotopic (exact) mass is 244 g/mol. The second-order valence-electron chi connectivity index (χ2n) is 4.05. The molecule has 1 N–H and O–H groups in total. The topological polar surface area (TPSA) is 37.3 Å². The predicted molar refractivity (Wildman–Crippen MR) is 68.2 cm³/mol. The highest BCUT2D eigenvalue weighted by molar-refractivity contribution is 5.96. The zero-order chi connectivity index (χ0) is 13.1. The van der Waals surface area contributed by atoms with E-state index in [0.29, 0.717) is 5.56 Å². The van der Waals surface area contributed by atoms with Crippen molar-refractivity contribution in [2.75, 3.05) is 0 Å². The Kier molecular flexibility index (Phi) is 3.42. The van der Waals surface area contributed by atoms with E-state index in [2.05, 4.69) is 0 Å². The molecule has 0 saturated heterocycles. The molecule has 3 heteroatoms. The fourth-order valence-corrected chi connectivity index (χ4v) is 1.90. The molecule has 0 aliphatic carbocycles. The van der Waals surface area contributed by atoms with Gasteiger partial charge in [0, 0.05) is 0 Å². The van der Waals surface area contributed by atoms with Crippen molar-refractivity contribution in [3.8, 4) is 11.1 Å². The fraction of sp³-hybridized carbons (Fsp3) is 0.133. The number of aryl methyl sites for hydroxylation is 1. The molecule has 0 aromatic heterocycles. The Balaban J connectivity index is 2.61. The molecule has 0 aliphatic heterocycles. The van der Waals surface area contributed by atoms with E-state index in [0.717, 1.165) is 23.6 Å². The molecule has 0 heterocycles. The van der Waals surface area contributed by atoms with E-state index in [1.54, 1.807) is 6.07 Å². The van der Waals surface area contributed by atoms with Crippen molar-refractivity contribution in [2.24, 2.45) is 0 Å². The van der Waals surface area contributed by atoms with Crippen molar-refractivity contribution >= 4 is 5.97 Å². The van der Waals surface area contributed by atoms with Crippen LogP contribution >= 0.6 is 0 Å². The largest absolute Gasteiger partial charge is 0.478 e. The van der Waals surface area contributed by atoms with Crippen molar-refractivity contribution in [2.45, 2.75) is 13.3 Å². The summed E-state index contributed by atoms with van der Waals surface area (Å²) < 4.78 is 13.3. The van der Waals surface area contributed by atoms with Crippen LogP contribution in [0.25, 0.3) is 11.1 Å². The number of benzene rings is 2. The van der Waals surface area contributed by atoms with Crippen LogP contribution in [0.2, 0.25) is 0 Å². The normalized spacial score (nSPS) is 10.3. The Morgan fingerprint density at radius 2 is 2.00 bits per heavy atom. The number of rotatable bonds is 3. The van der Waals surface area contributed by atoms with Crippen molar-refractivity contribution < 1.29 is 14.3 Å². The molecule has 2 aromatic carbocycles. The van der Waals surface area contributed by atoms with E-state index in [9.17, 15) is 9.18 Å². The highest BCUT2D eigenvalue weighted by Gasteiger charge is 2.12. The molecule has 92 valence electrons. The average Bonchev–Trinajstić information content (AvgIpc) is 2.38. The van der Waals surface area contributed by atoms with Gasteiger partial charge in [-0.3, -0.25) is 0 Å². The maximum absolute atomic E-state index is 13.3. The Hall–Kier alpha value is -2.16. The van der Waals surface area contributed by atoms with Gasteiger partial charge in [-0.15, -0.1) is 0 Å². The van der Waals surface area contributed by atoms with Gasteiger partial charge in [-0.1, -0.05) is 31.2 Å². The third kappa shape index (κ3) is 2.40. The number of carboxylic acid groups (broad SMARTS) is 1. The van der Waals surface area contributed by atoms with Gasteiger partial charge in [-0.25, -0.2) is 9.18 Å². The third-order valence-electron chi connectivity index (χ3n) is 2.86. The summed E-state index contributed by atoms with van der Waals surface area (Å²) in [5, 5.41) is 9.12. The summed E-state index contributed by atoms with van der Waals surface area (Å²) >= 11 is 0. The first-order valence-corrected chi connectivity index (χ1v) is 5.74. The van der Waals surface area contributed by atoms with Gasteiger partial charge < -0.3 is 5.11 Å². The van der Waals surface area contributed by atoms with Gasteiger partial charge in [0.25, 0.3) is 0 Å². The lowest BCUT2D eigenvalue weighted by molar-refractivity contribution is 0.0697. The highest BCUT2D eigenvalue weighted by Crippen LogP contribution is 2.26. The number of aromatic carboxylic acids is 1. The molecule has 0 spiro atoms. The van der Waals surface area contributed by atoms with E-state index < -0.39 is 11.8 Å². The Morgan fingerprint density at radius 1 is 1.22 bits per heavy atom. The van der Waals surface area contributed by atoms with E-state index in [4.69, 9.17) is 5.11 Å². The SMILES string of the molecule is CCc1cccc(-c2cc(F)ccc2C(=O)O)c1. The van der Waals surface area contributed by atoms with Crippen LogP contribution in [0.3, 0.4) is 0 Å². The lowest BCUT2D eigenvalue weighted by Crippen LogP contribution is -2.00. The summed E-state index contributed by atoms with van der Waals surface area (Å²) in [6, 6.07) is 11.2. The third-order valence-corrected chi connectivity index (χ3v) is 2.86. The van der Waals surface area contributed by atoms with Crippen molar-refractivity contribution in [3.05, 3.63) is 59.4 Å². The first kappa shape index (κ1) is 12.3. The van der Waals surface area contributed by atoms with Crippen LogP contribution in [0.1, 0.15) is 22.8 Å². The van der Waals surface area contributed by atoms with Crippen LogP contribution in [0.4, 0.5) is 4.39 Å². The molecule has 0 radical (unpaired) electrons. The van der Waals surface area contributed by atoms with Crippen molar-refractivity contribution in [1.82, 2.24) is 0 Å². The zero-order valence-electron chi connectivity index (χ0n) is 9.98. The molecule has 2 rings (SSSR count). The first-order chi connectivity index (χ1) is 8.61. The Morgan fingerprint density at radius 3 is 2.67 bits per heavy atom. The smallest absolute Gasteiger partial charge is 0.336 e.